The Morgan fingerprint density at radius 3 is 2.89 bits per heavy atom. The maximum atomic E-state index is 12.5. The number of nitrogens with two attached hydrogens (primary N) is 1. The SMILES string of the molecule is NNc1cccc(C(=O)N2CCc3ccccc32)n1. The van der Waals surface area contributed by atoms with E-state index in [2.05, 4.69) is 10.4 Å². The first kappa shape index (κ1) is 11.7. The number of carbonyl (C=O) groups excluding carboxylic acids is 1. The van der Waals surface area contributed by atoms with Gasteiger partial charge in [-0.1, -0.05) is 24.3 Å². The minimum Gasteiger partial charge on any atom is -0.308 e. The van der Waals surface area contributed by atoms with Crippen molar-refractivity contribution in [3.63, 3.8) is 0 Å². The summed E-state index contributed by atoms with van der Waals surface area (Å²) in [7, 11) is 0. The quantitative estimate of drug-likeness (QED) is 0.630. The maximum Gasteiger partial charge on any atom is 0.276 e. The number of aromatic nitrogens is 1. The van der Waals surface area contributed by atoms with E-state index in [1.54, 1.807) is 23.1 Å². The van der Waals surface area contributed by atoms with E-state index in [0.29, 0.717) is 18.1 Å². The number of nitrogen functional groups attached to an aromatic ring is 1. The molecule has 0 unspecified atom stereocenters. The molecule has 19 heavy (non-hydrogen) atoms. The highest BCUT2D eigenvalue weighted by Crippen LogP contribution is 2.28. The minimum atomic E-state index is -0.0953. The lowest BCUT2D eigenvalue weighted by Crippen LogP contribution is -2.29. The van der Waals surface area contributed by atoms with E-state index in [4.69, 9.17) is 5.84 Å². The van der Waals surface area contributed by atoms with Crippen LogP contribution in [-0.2, 0) is 6.42 Å². The zero-order valence-electron chi connectivity index (χ0n) is 10.3. The largest absolute Gasteiger partial charge is 0.308 e. The second-order valence-electron chi connectivity index (χ2n) is 4.39. The molecule has 0 saturated heterocycles. The maximum absolute atomic E-state index is 12.5. The van der Waals surface area contributed by atoms with E-state index >= 15 is 0 Å². The first-order chi connectivity index (χ1) is 9.29. The molecule has 0 fully saturated rings. The van der Waals surface area contributed by atoms with Gasteiger partial charge in [0, 0.05) is 12.2 Å². The average Bonchev–Trinajstić information content (AvgIpc) is 2.90. The average molecular weight is 254 g/mol. The number of nitrogens with zero attached hydrogens (tertiary/aromatic N) is 2. The molecule has 3 rings (SSSR count). The van der Waals surface area contributed by atoms with Gasteiger partial charge < -0.3 is 10.3 Å². The van der Waals surface area contributed by atoms with Crippen molar-refractivity contribution in [2.24, 2.45) is 5.84 Å². The summed E-state index contributed by atoms with van der Waals surface area (Å²) >= 11 is 0. The van der Waals surface area contributed by atoms with Gasteiger partial charge in [-0.05, 0) is 30.2 Å². The Balaban J connectivity index is 1.93. The van der Waals surface area contributed by atoms with Gasteiger partial charge in [0.05, 0.1) is 0 Å². The molecular formula is C14H14N4O. The summed E-state index contributed by atoms with van der Waals surface area (Å²) in [6.07, 6.45) is 0.886. The number of nitrogens with one attached hydrogen (secondary N) is 1. The molecule has 96 valence electrons. The lowest BCUT2D eigenvalue weighted by molar-refractivity contribution is 0.0985. The Labute approximate surface area is 111 Å². The van der Waals surface area contributed by atoms with Crippen LogP contribution in [0.5, 0.6) is 0 Å². The number of carbonyl (C=O) groups is 1. The standard InChI is InChI=1S/C14H14N4O/c15-17-13-7-3-5-11(16-13)14(19)18-9-8-10-4-1-2-6-12(10)18/h1-7H,8-9,15H2,(H,16,17). The van der Waals surface area contributed by atoms with Gasteiger partial charge >= 0.3 is 0 Å². The van der Waals surface area contributed by atoms with Crippen molar-refractivity contribution in [2.45, 2.75) is 6.42 Å². The van der Waals surface area contributed by atoms with E-state index in [-0.39, 0.29) is 5.91 Å². The molecule has 2 heterocycles. The second kappa shape index (κ2) is 4.70. The summed E-state index contributed by atoms with van der Waals surface area (Å²) in [4.78, 5) is 18.4. The van der Waals surface area contributed by atoms with Gasteiger partial charge in [0.15, 0.2) is 0 Å². The smallest absolute Gasteiger partial charge is 0.276 e. The Hall–Kier alpha value is -2.40. The number of hydrogen-bond acceptors (Lipinski definition) is 4. The van der Waals surface area contributed by atoms with E-state index in [1.807, 2.05) is 24.3 Å². The molecule has 0 spiro atoms. The number of rotatable bonds is 2. The Kier molecular flexibility index (Phi) is 2.89. The van der Waals surface area contributed by atoms with Gasteiger partial charge in [-0.3, -0.25) is 4.79 Å². The summed E-state index contributed by atoms with van der Waals surface area (Å²) in [6.45, 7) is 0.695. The zero-order valence-corrected chi connectivity index (χ0v) is 10.3. The number of para-hydroxylation sites is 1. The van der Waals surface area contributed by atoms with Crippen LogP contribution in [0.1, 0.15) is 16.1 Å². The van der Waals surface area contributed by atoms with Crippen molar-refractivity contribution in [3.8, 4) is 0 Å². The van der Waals surface area contributed by atoms with Crippen molar-refractivity contribution in [2.75, 3.05) is 16.9 Å². The number of pyridine rings is 1. The zero-order chi connectivity index (χ0) is 13.2. The molecule has 0 radical (unpaired) electrons. The third-order valence-corrected chi connectivity index (χ3v) is 3.25. The Bertz CT molecular complexity index is 626. The Morgan fingerprint density at radius 1 is 1.21 bits per heavy atom. The van der Waals surface area contributed by atoms with Crippen molar-refractivity contribution in [3.05, 3.63) is 53.7 Å². The van der Waals surface area contributed by atoms with E-state index < -0.39 is 0 Å². The fourth-order valence-corrected chi connectivity index (χ4v) is 2.32. The molecule has 0 aliphatic carbocycles. The van der Waals surface area contributed by atoms with Crippen LogP contribution in [0.2, 0.25) is 0 Å². The van der Waals surface area contributed by atoms with Crippen LogP contribution < -0.4 is 16.2 Å². The molecule has 3 N–H and O–H groups in total. The molecule has 0 bridgehead atoms. The summed E-state index contributed by atoms with van der Waals surface area (Å²) in [6, 6.07) is 13.1. The number of amides is 1. The highest BCUT2D eigenvalue weighted by atomic mass is 16.2. The molecule has 1 aliphatic heterocycles. The molecule has 5 heteroatoms. The molecule has 0 saturated carbocycles. The van der Waals surface area contributed by atoms with Crippen molar-refractivity contribution >= 4 is 17.4 Å². The second-order valence-corrected chi connectivity index (χ2v) is 4.39. The third kappa shape index (κ3) is 2.04. The van der Waals surface area contributed by atoms with Crippen LogP contribution in [0.4, 0.5) is 11.5 Å². The van der Waals surface area contributed by atoms with Gasteiger partial charge in [-0.25, -0.2) is 10.8 Å². The lowest BCUT2D eigenvalue weighted by atomic mass is 10.2. The topological polar surface area (TPSA) is 71.2 Å². The first-order valence-corrected chi connectivity index (χ1v) is 6.13. The number of hydrogen-bond donors (Lipinski definition) is 2. The number of benzene rings is 1. The highest BCUT2D eigenvalue weighted by molar-refractivity contribution is 6.06. The van der Waals surface area contributed by atoms with Crippen LogP contribution in [-0.4, -0.2) is 17.4 Å². The fourth-order valence-electron chi connectivity index (χ4n) is 2.32. The van der Waals surface area contributed by atoms with Gasteiger partial charge in [-0.15, -0.1) is 0 Å². The number of fused-ring (bicyclic) bond motifs is 1. The molecule has 0 atom stereocenters. The molecule has 1 aliphatic rings. The predicted octanol–water partition coefficient (Wildman–Crippen LogP) is 1.57. The fraction of sp³-hybridized carbons (Fsp3) is 0.143. The van der Waals surface area contributed by atoms with Crippen molar-refractivity contribution < 1.29 is 4.79 Å². The Morgan fingerprint density at radius 2 is 2.05 bits per heavy atom. The molecule has 1 amide bonds. The number of anilines is 2. The number of hydrazine groups is 1. The van der Waals surface area contributed by atoms with E-state index in [0.717, 1.165) is 12.1 Å². The normalized spacial score (nSPS) is 13.2. The van der Waals surface area contributed by atoms with Gasteiger partial charge in [0.2, 0.25) is 0 Å². The van der Waals surface area contributed by atoms with Crippen LogP contribution in [0.15, 0.2) is 42.5 Å². The van der Waals surface area contributed by atoms with Gasteiger partial charge in [0.25, 0.3) is 5.91 Å². The molecule has 1 aromatic carbocycles. The van der Waals surface area contributed by atoms with Gasteiger partial charge in [-0.2, -0.15) is 0 Å². The highest BCUT2D eigenvalue weighted by Gasteiger charge is 2.25. The van der Waals surface area contributed by atoms with Crippen LogP contribution in [0.3, 0.4) is 0 Å². The lowest BCUT2D eigenvalue weighted by Gasteiger charge is -2.17. The van der Waals surface area contributed by atoms with E-state index in [1.165, 1.54) is 5.56 Å². The van der Waals surface area contributed by atoms with Gasteiger partial charge in [0.1, 0.15) is 11.5 Å². The summed E-state index contributed by atoms with van der Waals surface area (Å²) in [5.74, 6) is 5.70. The molecular weight excluding hydrogens is 240 g/mol. The van der Waals surface area contributed by atoms with Crippen LogP contribution in [0, 0.1) is 0 Å². The molecule has 1 aromatic heterocycles. The molecule has 2 aromatic rings. The molecule has 5 nitrogen and oxygen atoms in total. The van der Waals surface area contributed by atoms with Crippen LogP contribution in [0.25, 0.3) is 0 Å². The van der Waals surface area contributed by atoms with E-state index in [9.17, 15) is 4.79 Å². The summed E-state index contributed by atoms with van der Waals surface area (Å²) in [5, 5.41) is 0. The monoisotopic (exact) mass is 254 g/mol. The van der Waals surface area contributed by atoms with Crippen LogP contribution >= 0.6 is 0 Å². The van der Waals surface area contributed by atoms with Crippen molar-refractivity contribution in [1.82, 2.24) is 4.98 Å². The summed E-state index contributed by atoms with van der Waals surface area (Å²) in [5.41, 5.74) is 5.02. The third-order valence-electron chi connectivity index (χ3n) is 3.25. The predicted molar refractivity (Wildman–Crippen MR) is 73.9 cm³/mol. The van der Waals surface area contributed by atoms with Crippen molar-refractivity contribution in [1.29, 1.82) is 0 Å². The minimum absolute atomic E-state index is 0.0953. The summed E-state index contributed by atoms with van der Waals surface area (Å²) < 4.78 is 0. The first-order valence-electron chi connectivity index (χ1n) is 6.13.